The van der Waals surface area contributed by atoms with E-state index in [2.05, 4.69) is 15.9 Å². The van der Waals surface area contributed by atoms with Gasteiger partial charge in [0.25, 0.3) is 0 Å². The number of benzene rings is 1. The van der Waals surface area contributed by atoms with Crippen LogP contribution in [0.15, 0.2) is 28.7 Å². The van der Waals surface area contributed by atoms with Crippen molar-refractivity contribution in [3.8, 4) is 0 Å². The van der Waals surface area contributed by atoms with Crippen molar-refractivity contribution in [3.63, 3.8) is 0 Å². The van der Waals surface area contributed by atoms with E-state index in [1.807, 2.05) is 30.1 Å². The van der Waals surface area contributed by atoms with Gasteiger partial charge < -0.3 is 4.90 Å². The van der Waals surface area contributed by atoms with E-state index in [1.165, 1.54) is 0 Å². The molecule has 1 aromatic rings. The molecule has 0 amide bonds. The number of sulfone groups is 1. The highest BCUT2D eigenvalue weighted by molar-refractivity contribution is 9.10. The van der Waals surface area contributed by atoms with Crippen molar-refractivity contribution in [1.82, 2.24) is 4.90 Å². The van der Waals surface area contributed by atoms with Crippen molar-refractivity contribution in [1.29, 1.82) is 0 Å². The number of hydrogen-bond donors (Lipinski definition) is 0. The van der Waals surface area contributed by atoms with Gasteiger partial charge in [-0.3, -0.25) is 4.79 Å². The first-order valence-corrected chi connectivity index (χ1v) is 9.18. The molecule has 1 saturated heterocycles. The van der Waals surface area contributed by atoms with E-state index in [9.17, 15) is 13.2 Å². The number of hydrogen-bond acceptors (Lipinski definition) is 4. The number of rotatable bonds is 5. The Morgan fingerprint density at radius 2 is 2.20 bits per heavy atom. The Bertz CT molecular complexity index is 600. The highest BCUT2D eigenvalue weighted by Gasteiger charge is 2.30. The standard InChI is InChI=1S/C14H18BrNO3S/c1-16(13-6-8-20(18,19)10-13)7-5-14(17)11-3-2-4-12(15)9-11/h2-4,9,13H,5-8,10H2,1H3. The third kappa shape index (κ3) is 4.14. The zero-order valence-electron chi connectivity index (χ0n) is 11.4. The summed E-state index contributed by atoms with van der Waals surface area (Å²) in [5.41, 5.74) is 0.687. The van der Waals surface area contributed by atoms with Crippen LogP contribution < -0.4 is 0 Å². The van der Waals surface area contributed by atoms with E-state index < -0.39 is 9.84 Å². The number of carbonyl (C=O) groups excluding carboxylic acids is 1. The SMILES string of the molecule is CN(CCC(=O)c1cccc(Br)c1)C1CCS(=O)(=O)C1. The van der Waals surface area contributed by atoms with Crippen LogP contribution in [0, 0.1) is 0 Å². The van der Waals surface area contributed by atoms with Crippen LogP contribution in [-0.4, -0.2) is 50.2 Å². The molecular weight excluding hydrogens is 342 g/mol. The van der Waals surface area contributed by atoms with Crippen molar-refractivity contribution in [2.24, 2.45) is 0 Å². The molecule has 1 aliphatic rings. The van der Waals surface area contributed by atoms with Gasteiger partial charge in [-0.15, -0.1) is 0 Å². The molecular formula is C14H18BrNO3S. The van der Waals surface area contributed by atoms with Crippen molar-refractivity contribution < 1.29 is 13.2 Å². The molecule has 0 aliphatic carbocycles. The Balaban J connectivity index is 1.87. The van der Waals surface area contributed by atoms with Crippen LogP contribution in [-0.2, 0) is 9.84 Å². The van der Waals surface area contributed by atoms with Crippen LogP contribution in [0.5, 0.6) is 0 Å². The normalized spacial score (nSPS) is 21.2. The van der Waals surface area contributed by atoms with Crippen LogP contribution in [0.2, 0.25) is 0 Å². The first-order valence-electron chi connectivity index (χ1n) is 6.57. The molecule has 0 saturated carbocycles. The van der Waals surface area contributed by atoms with Gasteiger partial charge in [-0.2, -0.15) is 0 Å². The summed E-state index contributed by atoms with van der Waals surface area (Å²) >= 11 is 3.35. The average Bonchev–Trinajstić information content (AvgIpc) is 2.76. The second kappa shape index (κ2) is 6.37. The Labute approximate surface area is 128 Å². The molecule has 6 heteroatoms. The van der Waals surface area contributed by atoms with E-state index in [1.54, 1.807) is 6.07 Å². The van der Waals surface area contributed by atoms with E-state index in [-0.39, 0.29) is 23.3 Å². The number of ketones is 1. The minimum Gasteiger partial charge on any atom is -0.302 e. The van der Waals surface area contributed by atoms with Gasteiger partial charge in [0.2, 0.25) is 0 Å². The number of Topliss-reactive ketones (excluding diaryl/α,β-unsaturated/α-hetero) is 1. The fourth-order valence-electron chi connectivity index (χ4n) is 2.39. The molecule has 0 N–H and O–H groups in total. The second-order valence-corrected chi connectivity index (χ2v) is 8.37. The number of halogens is 1. The van der Waals surface area contributed by atoms with Gasteiger partial charge in [-0.1, -0.05) is 28.1 Å². The largest absolute Gasteiger partial charge is 0.302 e. The molecule has 0 spiro atoms. The molecule has 20 heavy (non-hydrogen) atoms. The minimum absolute atomic E-state index is 0.0512. The van der Waals surface area contributed by atoms with Crippen LogP contribution in [0.1, 0.15) is 23.2 Å². The van der Waals surface area contributed by atoms with E-state index in [4.69, 9.17) is 0 Å². The quantitative estimate of drug-likeness (QED) is 0.755. The van der Waals surface area contributed by atoms with Gasteiger partial charge in [0.05, 0.1) is 11.5 Å². The molecule has 1 atom stereocenters. The topological polar surface area (TPSA) is 54.5 Å². The third-order valence-corrected chi connectivity index (χ3v) is 5.91. The lowest BCUT2D eigenvalue weighted by atomic mass is 10.1. The smallest absolute Gasteiger partial charge is 0.164 e. The molecule has 110 valence electrons. The maximum Gasteiger partial charge on any atom is 0.164 e. The zero-order chi connectivity index (χ0) is 14.8. The summed E-state index contributed by atoms with van der Waals surface area (Å²) in [6.07, 6.45) is 1.08. The van der Waals surface area contributed by atoms with Crippen molar-refractivity contribution in [2.45, 2.75) is 18.9 Å². The second-order valence-electron chi connectivity index (χ2n) is 5.22. The predicted molar refractivity (Wildman–Crippen MR) is 82.8 cm³/mol. The summed E-state index contributed by atoms with van der Waals surface area (Å²) in [5, 5.41) is 0. The number of nitrogens with zero attached hydrogens (tertiary/aromatic N) is 1. The average molecular weight is 360 g/mol. The van der Waals surface area contributed by atoms with Crippen LogP contribution in [0.25, 0.3) is 0 Å². The molecule has 0 bridgehead atoms. The van der Waals surface area contributed by atoms with E-state index in [0.29, 0.717) is 24.9 Å². The number of carbonyl (C=O) groups is 1. The summed E-state index contributed by atoms with van der Waals surface area (Å²) in [6, 6.07) is 7.38. The lowest BCUT2D eigenvalue weighted by Gasteiger charge is -2.22. The molecule has 0 aromatic heterocycles. The highest BCUT2D eigenvalue weighted by Crippen LogP contribution is 2.17. The Hall–Kier alpha value is -0.720. The fraction of sp³-hybridized carbons (Fsp3) is 0.500. The monoisotopic (exact) mass is 359 g/mol. The first-order chi connectivity index (χ1) is 9.37. The van der Waals surface area contributed by atoms with Gasteiger partial charge in [0, 0.05) is 29.0 Å². The zero-order valence-corrected chi connectivity index (χ0v) is 13.8. The summed E-state index contributed by atoms with van der Waals surface area (Å²) < 4.78 is 23.8. The molecule has 1 fully saturated rings. The first kappa shape index (κ1) is 15.7. The van der Waals surface area contributed by atoms with E-state index in [0.717, 1.165) is 4.47 Å². The summed E-state index contributed by atoms with van der Waals surface area (Å²) in [7, 11) is -0.981. The van der Waals surface area contributed by atoms with Gasteiger partial charge in [-0.25, -0.2) is 8.42 Å². The summed E-state index contributed by atoms with van der Waals surface area (Å²) in [6.45, 7) is 0.589. The van der Waals surface area contributed by atoms with Gasteiger partial charge in [-0.05, 0) is 25.6 Å². The molecule has 1 heterocycles. The maximum absolute atomic E-state index is 12.1. The molecule has 0 radical (unpaired) electrons. The lowest BCUT2D eigenvalue weighted by molar-refractivity contribution is 0.0963. The van der Waals surface area contributed by atoms with Gasteiger partial charge >= 0.3 is 0 Å². The van der Waals surface area contributed by atoms with Crippen molar-refractivity contribution in [3.05, 3.63) is 34.3 Å². The Kier molecular flexibility index (Phi) is 4.99. The molecule has 1 aliphatic heterocycles. The third-order valence-electron chi connectivity index (χ3n) is 3.67. The van der Waals surface area contributed by atoms with Crippen molar-refractivity contribution >= 4 is 31.6 Å². The van der Waals surface area contributed by atoms with Crippen LogP contribution in [0.4, 0.5) is 0 Å². The molecule has 1 aromatic carbocycles. The van der Waals surface area contributed by atoms with Gasteiger partial charge in [0.1, 0.15) is 0 Å². The molecule has 4 nitrogen and oxygen atoms in total. The summed E-state index contributed by atoms with van der Waals surface area (Å²) in [5.74, 6) is 0.565. The van der Waals surface area contributed by atoms with Gasteiger partial charge in [0.15, 0.2) is 15.6 Å². The maximum atomic E-state index is 12.1. The van der Waals surface area contributed by atoms with E-state index >= 15 is 0 Å². The van der Waals surface area contributed by atoms with Crippen LogP contribution in [0.3, 0.4) is 0 Å². The predicted octanol–water partition coefficient (Wildman–Crippen LogP) is 2.14. The van der Waals surface area contributed by atoms with Crippen molar-refractivity contribution in [2.75, 3.05) is 25.1 Å². The fourth-order valence-corrected chi connectivity index (χ4v) is 4.59. The van der Waals surface area contributed by atoms with Crippen LogP contribution >= 0.6 is 15.9 Å². The Morgan fingerprint density at radius 1 is 1.45 bits per heavy atom. The minimum atomic E-state index is -2.87. The molecule has 1 unspecified atom stereocenters. The summed E-state index contributed by atoms with van der Waals surface area (Å²) in [4.78, 5) is 14.1. The highest BCUT2D eigenvalue weighted by atomic mass is 79.9. The Morgan fingerprint density at radius 3 is 2.80 bits per heavy atom. The lowest BCUT2D eigenvalue weighted by Crippen LogP contribution is -2.34. The molecule has 2 rings (SSSR count).